The minimum atomic E-state index is 1.05. The number of likely N-dealkylation sites (N-methyl/N-ethyl adjacent to an activating group) is 1. The van der Waals surface area contributed by atoms with E-state index in [1.807, 2.05) is 0 Å². The number of benzene rings is 1. The molecule has 1 aliphatic heterocycles. The molecule has 0 atom stereocenters. The van der Waals surface area contributed by atoms with Crippen LogP contribution < -0.4 is 0 Å². The maximum Gasteiger partial charge on any atom is 0.0445 e. The van der Waals surface area contributed by atoms with Gasteiger partial charge in [-0.2, -0.15) is 0 Å². The maximum atomic E-state index is 2.43. The van der Waals surface area contributed by atoms with E-state index in [1.54, 1.807) is 0 Å². The summed E-state index contributed by atoms with van der Waals surface area (Å²) in [5.41, 5.74) is 5.48. The highest BCUT2D eigenvalue weighted by Crippen LogP contribution is 2.26. The van der Waals surface area contributed by atoms with Crippen molar-refractivity contribution in [1.29, 1.82) is 0 Å². The lowest BCUT2D eigenvalue weighted by molar-refractivity contribution is 0.448. The van der Waals surface area contributed by atoms with E-state index < -0.39 is 0 Å². The zero-order chi connectivity index (χ0) is 11.5. The molecule has 2 rings (SSSR count). The summed E-state index contributed by atoms with van der Waals surface area (Å²) in [6.07, 6.45) is 4.47. The SMILES string of the molecule is CCN1CC(C)=CC=C1c1ccccc1C. The summed E-state index contributed by atoms with van der Waals surface area (Å²) >= 11 is 0. The molecular formula is C15H19N. The van der Waals surface area contributed by atoms with Gasteiger partial charge in [-0.15, -0.1) is 0 Å². The van der Waals surface area contributed by atoms with Crippen LogP contribution in [0.5, 0.6) is 0 Å². The van der Waals surface area contributed by atoms with E-state index in [0.29, 0.717) is 0 Å². The second-order valence-electron chi connectivity index (χ2n) is 4.39. The van der Waals surface area contributed by atoms with Crippen molar-refractivity contribution < 1.29 is 0 Å². The minimum absolute atomic E-state index is 1.05. The third-order valence-corrected chi connectivity index (χ3v) is 3.11. The maximum absolute atomic E-state index is 2.43. The number of hydrogen-bond acceptors (Lipinski definition) is 1. The first-order chi connectivity index (χ1) is 7.72. The Labute approximate surface area is 98.1 Å². The van der Waals surface area contributed by atoms with Gasteiger partial charge in [-0.25, -0.2) is 0 Å². The van der Waals surface area contributed by atoms with E-state index >= 15 is 0 Å². The van der Waals surface area contributed by atoms with Gasteiger partial charge in [-0.05, 0) is 32.4 Å². The molecule has 0 bridgehead atoms. The number of hydrogen-bond donors (Lipinski definition) is 0. The number of aryl methyl sites for hydroxylation is 1. The van der Waals surface area contributed by atoms with Crippen molar-refractivity contribution >= 4 is 5.70 Å². The molecule has 1 aromatic rings. The van der Waals surface area contributed by atoms with Gasteiger partial charge in [0.25, 0.3) is 0 Å². The highest BCUT2D eigenvalue weighted by atomic mass is 15.1. The number of allylic oxidation sites excluding steroid dienone is 2. The summed E-state index contributed by atoms with van der Waals surface area (Å²) in [5.74, 6) is 0. The van der Waals surface area contributed by atoms with Crippen LogP contribution in [0.2, 0.25) is 0 Å². The molecule has 16 heavy (non-hydrogen) atoms. The smallest absolute Gasteiger partial charge is 0.0445 e. The Morgan fingerprint density at radius 3 is 2.56 bits per heavy atom. The molecule has 0 unspecified atom stereocenters. The Balaban J connectivity index is 2.43. The van der Waals surface area contributed by atoms with Gasteiger partial charge in [0, 0.05) is 24.4 Å². The molecular weight excluding hydrogens is 194 g/mol. The van der Waals surface area contributed by atoms with Gasteiger partial charge in [0.1, 0.15) is 0 Å². The van der Waals surface area contributed by atoms with E-state index in [9.17, 15) is 0 Å². The molecule has 1 heterocycles. The summed E-state index contributed by atoms with van der Waals surface area (Å²) < 4.78 is 0. The predicted octanol–water partition coefficient (Wildman–Crippen LogP) is 3.62. The van der Waals surface area contributed by atoms with Crippen molar-refractivity contribution in [2.75, 3.05) is 13.1 Å². The number of rotatable bonds is 2. The lowest BCUT2D eigenvalue weighted by atomic mass is 10.0. The van der Waals surface area contributed by atoms with E-state index in [4.69, 9.17) is 0 Å². The third kappa shape index (κ3) is 2.04. The molecule has 0 spiro atoms. The Bertz CT molecular complexity index is 441. The standard InChI is InChI=1S/C15H19N/c1-4-16-11-12(2)9-10-15(16)14-8-6-5-7-13(14)3/h5-10H,4,11H2,1-3H3. The van der Waals surface area contributed by atoms with Gasteiger partial charge in [0.2, 0.25) is 0 Å². The zero-order valence-electron chi connectivity index (χ0n) is 10.3. The van der Waals surface area contributed by atoms with Crippen LogP contribution >= 0.6 is 0 Å². The fourth-order valence-electron chi connectivity index (χ4n) is 2.17. The molecule has 0 aromatic heterocycles. The molecule has 0 saturated heterocycles. The molecule has 1 aliphatic rings. The first-order valence-corrected chi connectivity index (χ1v) is 5.90. The molecule has 0 N–H and O–H groups in total. The number of nitrogens with zero attached hydrogens (tertiary/aromatic N) is 1. The summed E-state index contributed by atoms with van der Waals surface area (Å²) in [6.45, 7) is 8.69. The van der Waals surface area contributed by atoms with Gasteiger partial charge < -0.3 is 4.90 Å². The average molecular weight is 213 g/mol. The van der Waals surface area contributed by atoms with Gasteiger partial charge in [-0.1, -0.05) is 35.9 Å². The van der Waals surface area contributed by atoms with E-state index in [0.717, 1.165) is 13.1 Å². The van der Waals surface area contributed by atoms with Crippen LogP contribution in [-0.2, 0) is 0 Å². The topological polar surface area (TPSA) is 3.24 Å². The van der Waals surface area contributed by atoms with Crippen molar-refractivity contribution in [3.8, 4) is 0 Å². The van der Waals surface area contributed by atoms with Crippen molar-refractivity contribution in [3.05, 3.63) is 53.1 Å². The third-order valence-electron chi connectivity index (χ3n) is 3.11. The normalized spacial score (nSPS) is 15.8. The monoisotopic (exact) mass is 213 g/mol. The second-order valence-corrected chi connectivity index (χ2v) is 4.39. The lowest BCUT2D eigenvalue weighted by Crippen LogP contribution is -2.26. The van der Waals surface area contributed by atoms with Gasteiger partial charge in [0.05, 0.1) is 0 Å². The first-order valence-electron chi connectivity index (χ1n) is 5.90. The van der Waals surface area contributed by atoms with Crippen LogP contribution in [0.15, 0.2) is 42.0 Å². The Hall–Kier alpha value is -1.50. The van der Waals surface area contributed by atoms with Gasteiger partial charge >= 0.3 is 0 Å². The molecule has 1 nitrogen and oxygen atoms in total. The largest absolute Gasteiger partial charge is 0.367 e. The first kappa shape index (κ1) is 11.0. The van der Waals surface area contributed by atoms with Crippen LogP contribution in [0.1, 0.15) is 25.0 Å². The fourth-order valence-corrected chi connectivity index (χ4v) is 2.17. The highest BCUT2D eigenvalue weighted by Gasteiger charge is 2.14. The van der Waals surface area contributed by atoms with E-state index in [1.165, 1.54) is 22.4 Å². The van der Waals surface area contributed by atoms with Crippen molar-refractivity contribution in [3.63, 3.8) is 0 Å². The molecule has 1 heteroatoms. The highest BCUT2D eigenvalue weighted by molar-refractivity contribution is 5.69. The fraction of sp³-hybridized carbons (Fsp3) is 0.333. The average Bonchev–Trinajstić information content (AvgIpc) is 2.30. The predicted molar refractivity (Wildman–Crippen MR) is 70.2 cm³/mol. The molecule has 0 saturated carbocycles. The summed E-state index contributed by atoms with van der Waals surface area (Å²) in [6, 6.07) is 8.59. The molecule has 0 aliphatic carbocycles. The van der Waals surface area contributed by atoms with Crippen LogP contribution in [0.25, 0.3) is 5.70 Å². The Kier molecular flexibility index (Phi) is 3.14. The summed E-state index contributed by atoms with van der Waals surface area (Å²) in [7, 11) is 0. The summed E-state index contributed by atoms with van der Waals surface area (Å²) in [4.78, 5) is 2.43. The molecule has 1 aromatic carbocycles. The lowest BCUT2D eigenvalue weighted by Gasteiger charge is -2.30. The minimum Gasteiger partial charge on any atom is -0.367 e. The van der Waals surface area contributed by atoms with Crippen LogP contribution in [0, 0.1) is 6.92 Å². The Morgan fingerprint density at radius 2 is 1.88 bits per heavy atom. The molecule has 0 radical (unpaired) electrons. The van der Waals surface area contributed by atoms with E-state index in [-0.39, 0.29) is 0 Å². The second kappa shape index (κ2) is 4.56. The molecule has 0 amide bonds. The zero-order valence-corrected chi connectivity index (χ0v) is 10.3. The van der Waals surface area contributed by atoms with Crippen LogP contribution in [-0.4, -0.2) is 18.0 Å². The van der Waals surface area contributed by atoms with Crippen molar-refractivity contribution in [2.24, 2.45) is 0 Å². The Morgan fingerprint density at radius 1 is 1.12 bits per heavy atom. The van der Waals surface area contributed by atoms with Gasteiger partial charge in [0.15, 0.2) is 0 Å². The van der Waals surface area contributed by atoms with E-state index in [2.05, 4.69) is 62.1 Å². The molecule has 0 fully saturated rings. The van der Waals surface area contributed by atoms with Crippen LogP contribution in [0.4, 0.5) is 0 Å². The quantitative estimate of drug-likeness (QED) is 0.725. The van der Waals surface area contributed by atoms with Crippen molar-refractivity contribution in [2.45, 2.75) is 20.8 Å². The van der Waals surface area contributed by atoms with Gasteiger partial charge in [-0.3, -0.25) is 0 Å². The molecule has 84 valence electrons. The van der Waals surface area contributed by atoms with Crippen molar-refractivity contribution in [1.82, 2.24) is 4.90 Å². The summed E-state index contributed by atoms with van der Waals surface area (Å²) in [5, 5.41) is 0. The van der Waals surface area contributed by atoms with Crippen LogP contribution in [0.3, 0.4) is 0 Å².